The van der Waals surface area contributed by atoms with Gasteiger partial charge in [0.15, 0.2) is 0 Å². The third-order valence-corrected chi connectivity index (χ3v) is 13.3. The summed E-state index contributed by atoms with van der Waals surface area (Å²) >= 11 is 0. The number of methoxy groups -OCH3 is 1. The van der Waals surface area contributed by atoms with E-state index in [1.54, 1.807) is 27.0 Å². The molecule has 3 fully saturated rings. The Morgan fingerprint density at radius 1 is 0.982 bits per heavy atom. The summed E-state index contributed by atoms with van der Waals surface area (Å²) in [5.41, 5.74) is 1.81. The van der Waals surface area contributed by atoms with Crippen molar-refractivity contribution in [3.05, 3.63) is 36.0 Å². The number of nitrogens with zero attached hydrogens (tertiary/aromatic N) is 1. The summed E-state index contributed by atoms with van der Waals surface area (Å²) in [6, 6.07) is -1.06. The molecule has 2 N–H and O–H groups in total. The molecule has 10 nitrogen and oxygen atoms in total. The van der Waals surface area contributed by atoms with Crippen molar-refractivity contribution in [3.8, 4) is 0 Å². The number of hydrogen-bond donors (Lipinski definition) is 2. The third kappa shape index (κ3) is 10.8. The zero-order chi connectivity index (χ0) is 40.8. The first-order chi connectivity index (χ1) is 25.9. The lowest BCUT2D eigenvalue weighted by Gasteiger charge is -2.46. The number of hydrogen-bond acceptors (Lipinski definition) is 9. The van der Waals surface area contributed by atoms with Gasteiger partial charge in [-0.15, -0.1) is 6.58 Å². The molecule has 4 rings (SSSR count). The normalized spacial score (nSPS) is 42.0. The van der Waals surface area contributed by atoms with Crippen LogP contribution in [0.2, 0.25) is 0 Å². The number of rotatable bonds is 5. The van der Waals surface area contributed by atoms with E-state index in [4.69, 9.17) is 14.2 Å². The van der Waals surface area contributed by atoms with Crippen molar-refractivity contribution < 1.29 is 43.6 Å². The first-order valence-electron chi connectivity index (χ1n) is 21.1. The molecule has 0 spiro atoms. The summed E-state index contributed by atoms with van der Waals surface area (Å²) in [7, 11) is 1.73. The van der Waals surface area contributed by atoms with Crippen LogP contribution in [-0.4, -0.2) is 88.5 Å². The van der Waals surface area contributed by atoms with Gasteiger partial charge in [-0.3, -0.25) is 14.4 Å². The van der Waals surface area contributed by atoms with Crippen LogP contribution in [0, 0.1) is 47.3 Å². The molecule has 1 amide bonds. The van der Waals surface area contributed by atoms with Gasteiger partial charge in [0.2, 0.25) is 5.79 Å². The van der Waals surface area contributed by atoms with Crippen LogP contribution in [0.15, 0.2) is 36.0 Å². The predicted molar refractivity (Wildman–Crippen MR) is 212 cm³/mol. The number of amides is 1. The van der Waals surface area contributed by atoms with Crippen LogP contribution in [0.1, 0.15) is 126 Å². The van der Waals surface area contributed by atoms with E-state index in [2.05, 4.69) is 40.3 Å². The van der Waals surface area contributed by atoms with Crippen LogP contribution in [0.4, 0.5) is 0 Å². The molecule has 310 valence electrons. The molecule has 3 aliphatic heterocycles. The van der Waals surface area contributed by atoms with Gasteiger partial charge in [0.1, 0.15) is 17.9 Å². The minimum atomic E-state index is -2.33. The van der Waals surface area contributed by atoms with Crippen LogP contribution < -0.4 is 0 Å². The zero-order valence-corrected chi connectivity index (χ0v) is 35.1. The third-order valence-electron chi connectivity index (χ3n) is 13.3. The van der Waals surface area contributed by atoms with Gasteiger partial charge in [0, 0.05) is 37.8 Å². The fraction of sp³-hybridized carbons (Fsp3) is 0.778. The number of cyclic esters (lactones) is 1. The number of Topliss-reactive ketones (excluding diaryl/α,β-unsaturated/α-hetero) is 2. The number of ether oxygens (including phenoxy) is 3. The van der Waals surface area contributed by atoms with Crippen molar-refractivity contribution in [3.63, 3.8) is 0 Å². The summed E-state index contributed by atoms with van der Waals surface area (Å²) in [6.07, 6.45) is 9.97. The Morgan fingerprint density at radius 3 is 2.35 bits per heavy atom. The maximum atomic E-state index is 14.3. The predicted octanol–water partition coefficient (Wildman–Crippen LogP) is 7.16. The maximum Gasteiger partial charge on any atom is 0.329 e. The van der Waals surface area contributed by atoms with E-state index in [9.17, 15) is 29.4 Å². The minimum absolute atomic E-state index is 0.0324. The summed E-state index contributed by atoms with van der Waals surface area (Å²) in [5.74, 6) is -6.10. The van der Waals surface area contributed by atoms with Gasteiger partial charge in [-0.25, -0.2) is 4.79 Å². The fourth-order valence-corrected chi connectivity index (χ4v) is 10.1. The molecule has 2 bridgehead atoms. The molecular weight excluding hydrogens is 698 g/mol. The van der Waals surface area contributed by atoms with Gasteiger partial charge < -0.3 is 29.3 Å². The topological polar surface area (TPSA) is 140 Å². The Hall–Kier alpha value is -2.66. The molecule has 55 heavy (non-hydrogen) atoms. The van der Waals surface area contributed by atoms with E-state index in [-0.39, 0.29) is 54.9 Å². The van der Waals surface area contributed by atoms with Gasteiger partial charge in [-0.2, -0.15) is 0 Å². The van der Waals surface area contributed by atoms with Gasteiger partial charge >= 0.3 is 5.97 Å². The molecule has 10 heteroatoms. The quantitative estimate of drug-likeness (QED) is 0.170. The van der Waals surface area contributed by atoms with E-state index in [1.807, 2.05) is 19.9 Å². The summed E-state index contributed by atoms with van der Waals surface area (Å²) in [5, 5.41) is 23.7. The average molecular weight is 770 g/mol. The number of esters is 1. The largest absolute Gasteiger partial charge is 0.456 e. The van der Waals surface area contributed by atoms with Crippen molar-refractivity contribution in [2.45, 2.75) is 162 Å². The number of allylic oxidation sites excluding steroid dienone is 4. The second kappa shape index (κ2) is 19.7. The van der Waals surface area contributed by atoms with Crippen molar-refractivity contribution in [1.82, 2.24) is 4.90 Å². The molecule has 1 saturated carbocycles. The number of aliphatic hydroxyl groups excluding tert-OH is 1. The number of fused-ring (bicyclic) bond motifs is 3. The standard InChI is InChI=1S/C45H71NO9/c1-11-14-35-21-27(3)19-26(2)20-29(5)40-30(6)22-32(8)45(52,55-40)42(49)43(50)46-18-13-12-15-36(46)44(51)54-41(33(9)37(47)25-38(35)48)31(7)23-34-17-16-28(4)39(24-34)53-10/h11,21,23,26,28-30,32-37,39-41,47,52H,1,12-20,22,24-25H2,2-10H3/b27-21+,31-23+/t26-,28+,29-,30-,32+,33+,34+,35+,36-,37-,39+,40+,41+,45+/m0/s1. The Kier molecular flexibility index (Phi) is 16.1. The number of carbonyl (C=O) groups is 4. The summed E-state index contributed by atoms with van der Waals surface area (Å²) in [4.78, 5) is 57.7. The fourth-order valence-electron chi connectivity index (χ4n) is 10.1. The monoisotopic (exact) mass is 770 g/mol. The first-order valence-corrected chi connectivity index (χ1v) is 21.1. The molecule has 14 atom stereocenters. The van der Waals surface area contributed by atoms with Crippen LogP contribution in [0.3, 0.4) is 0 Å². The Labute approximate surface area is 330 Å². The highest BCUT2D eigenvalue weighted by atomic mass is 16.6. The highest BCUT2D eigenvalue weighted by Crippen LogP contribution is 2.42. The Morgan fingerprint density at radius 2 is 1.67 bits per heavy atom. The van der Waals surface area contributed by atoms with Crippen molar-refractivity contribution >= 4 is 23.4 Å². The van der Waals surface area contributed by atoms with E-state index in [1.165, 1.54) is 4.90 Å². The maximum absolute atomic E-state index is 14.3. The highest BCUT2D eigenvalue weighted by Gasteiger charge is 2.55. The number of ketones is 2. The molecule has 0 aromatic rings. The number of aliphatic hydroxyl groups is 2. The second-order valence-electron chi connectivity index (χ2n) is 18.1. The first kappa shape index (κ1) is 45.0. The lowest BCUT2D eigenvalue weighted by atomic mass is 9.76. The molecule has 0 aromatic carbocycles. The van der Waals surface area contributed by atoms with Crippen LogP contribution >= 0.6 is 0 Å². The van der Waals surface area contributed by atoms with E-state index < -0.39 is 65.6 Å². The SMILES string of the molecule is C=CC[C@@H]1/C=C(\C)C[C@H](C)C[C@H](C)[C@H]2O[C@@](O)(C(=O)C(=O)N3CCCC[C@H]3C(=O)O[C@H](/C(C)=C/[C@H]3CC[C@@H](C)[C@H](OC)C3)[C@H](C)[C@@H](O)CC1=O)[C@H](C)C[C@@H]2C. The molecule has 4 aliphatic rings. The van der Waals surface area contributed by atoms with E-state index in [0.29, 0.717) is 31.6 Å². The Bertz CT molecular complexity index is 1440. The molecule has 0 unspecified atom stereocenters. The number of carbonyl (C=O) groups excluding carboxylic acids is 4. The van der Waals surface area contributed by atoms with Crippen LogP contribution in [0.25, 0.3) is 0 Å². The Balaban J connectivity index is 1.75. The lowest BCUT2D eigenvalue weighted by molar-refractivity contribution is -0.282. The summed E-state index contributed by atoms with van der Waals surface area (Å²) in [6.45, 7) is 19.9. The zero-order valence-electron chi connectivity index (χ0n) is 35.1. The molecule has 1 aliphatic carbocycles. The molecular formula is C45H71NO9. The van der Waals surface area contributed by atoms with Crippen LogP contribution in [-0.2, 0) is 33.4 Å². The van der Waals surface area contributed by atoms with Crippen molar-refractivity contribution in [1.29, 1.82) is 0 Å². The molecule has 2 saturated heterocycles. The van der Waals surface area contributed by atoms with E-state index in [0.717, 1.165) is 43.3 Å². The molecule has 3 heterocycles. The van der Waals surface area contributed by atoms with Crippen molar-refractivity contribution in [2.24, 2.45) is 47.3 Å². The molecule has 0 radical (unpaired) electrons. The van der Waals surface area contributed by atoms with Gasteiger partial charge in [-0.1, -0.05) is 65.3 Å². The van der Waals surface area contributed by atoms with Gasteiger partial charge in [0.05, 0.1) is 18.3 Å². The highest BCUT2D eigenvalue weighted by molar-refractivity contribution is 6.39. The van der Waals surface area contributed by atoms with Crippen molar-refractivity contribution in [2.75, 3.05) is 13.7 Å². The van der Waals surface area contributed by atoms with Gasteiger partial charge in [-0.05, 0) is 113 Å². The average Bonchev–Trinajstić information content (AvgIpc) is 3.14. The lowest BCUT2D eigenvalue weighted by Crippen LogP contribution is -2.62. The van der Waals surface area contributed by atoms with Gasteiger partial charge in [0.25, 0.3) is 11.7 Å². The summed E-state index contributed by atoms with van der Waals surface area (Å²) < 4.78 is 18.4. The smallest absolute Gasteiger partial charge is 0.329 e. The van der Waals surface area contributed by atoms with E-state index >= 15 is 0 Å². The minimum Gasteiger partial charge on any atom is -0.456 e. The molecule has 0 aromatic heterocycles. The number of piperidine rings is 1. The van der Waals surface area contributed by atoms with Crippen LogP contribution in [0.5, 0.6) is 0 Å². The second-order valence-corrected chi connectivity index (χ2v) is 18.1.